The zero-order valence-corrected chi connectivity index (χ0v) is 16.4. The van der Waals surface area contributed by atoms with E-state index >= 15 is 0 Å². The van der Waals surface area contributed by atoms with Gasteiger partial charge in [0.2, 0.25) is 0 Å². The first-order valence-corrected chi connectivity index (χ1v) is 10.5. The Bertz CT molecular complexity index is 798. The van der Waals surface area contributed by atoms with Crippen molar-refractivity contribution in [1.82, 2.24) is 5.09 Å². The summed E-state index contributed by atoms with van der Waals surface area (Å²) in [5.74, 6) is -0.142. The Morgan fingerprint density at radius 1 is 1.20 bits per heavy atom. The molecule has 2 atom stereocenters. The molecular formula is C18H23ClNO4P. The van der Waals surface area contributed by atoms with Crippen molar-refractivity contribution in [2.45, 2.75) is 33.7 Å². The van der Waals surface area contributed by atoms with Crippen molar-refractivity contribution >= 4 is 34.9 Å². The van der Waals surface area contributed by atoms with Crippen molar-refractivity contribution in [2.75, 3.05) is 6.61 Å². The molecule has 0 aromatic heterocycles. The van der Waals surface area contributed by atoms with Gasteiger partial charge in [-0.3, -0.25) is 4.79 Å². The summed E-state index contributed by atoms with van der Waals surface area (Å²) in [4.78, 5) is 12.0. The monoisotopic (exact) mass is 383 g/mol. The smallest absolute Gasteiger partial charge is 0.409 e. The molecule has 0 aliphatic carbocycles. The van der Waals surface area contributed by atoms with Gasteiger partial charge >= 0.3 is 12.8 Å². The van der Waals surface area contributed by atoms with E-state index in [0.29, 0.717) is 5.75 Å². The molecule has 1 unspecified atom stereocenters. The first kappa shape index (κ1) is 19.8. The Hall–Kier alpha value is -1.55. The number of esters is 1. The van der Waals surface area contributed by atoms with E-state index in [9.17, 15) is 9.36 Å². The van der Waals surface area contributed by atoms with Crippen molar-refractivity contribution in [3.63, 3.8) is 0 Å². The number of rotatable bonds is 6. The predicted octanol–water partition coefficient (Wildman–Crippen LogP) is 5.13. The van der Waals surface area contributed by atoms with Crippen molar-refractivity contribution in [3.8, 4) is 5.75 Å². The Morgan fingerprint density at radius 2 is 1.84 bits per heavy atom. The molecule has 0 aliphatic heterocycles. The average Bonchev–Trinajstić information content (AvgIpc) is 2.51. The number of halogens is 1. The van der Waals surface area contributed by atoms with E-state index in [0.717, 1.165) is 10.8 Å². The lowest BCUT2D eigenvalue weighted by Crippen LogP contribution is -2.34. The normalized spacial score (nSPS) is 15.4. The topological polar surface area (TPSA) is 64.6 Å². The highest BCUT2D eigenvalue weighted by atomic mass is 35.7. The Balaban J connectivity index is 2.06. The second-order valence-electron chi connectivity index (χ2n) is 7.07. The number of carbonyl (C=O) groups is 1. The fourth-order valence-electron chi connectivity index (χ4n) is 2.12. The molecule has 5 nitrogen and oxygen atoms in total. The molecule has 2 aromatic rings. The summed E-state index contributed by atoms with van der Waals surface area (Å²) in [6.07, 6.45) is 0. The largest absolute Gasteiger partial charge is 0.464 e. The fraction of sp³-hybridized carbons (Fsp3) is 0.389. The van der Waals surface area contributed by atoms with Gasteiger partial charge in [0.05, 0.1) is 6.61 Å². The SMILES string of the molecule is C[C@H](NP(=O)(Cl)Oc1cccc2ccccc12)C(=O)OCC(C)(C)C. The van der Waals surface area contributed by atoms with Crippen LogP contribution in [0.3, 0.4) is 0 Å². The molecule has 0 saturated heterocycles. The number of fused-ring (bicyclic) bond motifs is 1. The number of carbonyl (C=O) groups excluding carboxylic acids is 1. The average molecular weight is 384 g/mol. The highest BCUT2D eigenvalue weighted by molar-refractivity contribution is 7.84. The van der Waals surface area contributed by atoms with Gasteiger partial charge in [0, 0.05) is 16.6 Å². The first-order valence-electron chi connectivity index (χ1n) is 7.99. The van der Waals surface area contributed by atoms with Crippen LogP contribution in [0.2, 0.25) is 0 Å². The van der Waals surface area contributed by atoms with Gasteiger partial charge in [-0.15, -0.1) is 0 Å². The van der Waals surface area contributed by atoms with Crippen LogP contribution in [0, 0.1) is 5.41 Å². The van der Waals surface area contributed by atoms with Gasteiger partial charge in [0.1, 0.15) is 11.8 Å². The molecule has 0 radical (unpaired) electrons. The van der Waals surface area contributed by atoms with Crippen molar-refractivity contribution in [2.24, 2.45) is 5.41 Å². The molecule has 0 amide bonds. The van der Waals surface area contributed by atoms with Crippen LogP contribution in [0.25, 0.3) is 10.8 Å². The molecular weight excluding hydrogens is 361 g/mol. The van der Waals surface area contributed by atoms with E-state index in [1.54, 1.807) is 12.1 Å². The van der Waals surface area contributed by atoms with Gasteiger partial charge < -0.3 is 9.26 Å². The quantitative estimate of drug-likeness (QED) is 0.553. The van der Waals surface area contributed by atoms with Crippen LogP contribution in [-0.2, 0) is 14.1 Å². The lowest BCUT2D eigenvalue weighted by atomic mass is 9.99. The van der Waals surface area contributed by atoms with Crippen LogP contribution < -0.4 is 9.61 Å². The zero-order valence-electron chi connectivity index (χ0n) is 14.8. The molecule has 0 fully saturated rings. The Kier molecular flexibility index (Phi) is 6.15. The minimum Gasteiger partial charge on any atom is -0.464 e. The van der Waals surface area contributed by atoms with Gasteiger partial charge in [-0.05, 0) is 23.8 Å². The molecule has 7 heteroatoms. The molecule has 0 bridgehead atoms. The Labute approximate surface area is 152 Å². The fourth-order valence-corrected chi connectivity index (χ4v) is 3.82. The van der Waals surface area contributed by atoms with Crippen molar-refractivity contribution in [1.29, 1.82) is 0 Å². The highest BCUT2D eigenvalue weighted by Gasteiger charge is 2.29. The minimum absolute atomic E-state index is 0.153. The summed E-state index contributed by atoms with van der Waals surface area (Å²) >= 11 is 6.01. The van der Waals surface area contributed by atoms with E-state index in [-0.39, 0.29) is 12.0 Å². The van der Waals surface area contributed by atoms with Gasteiger partial charge in [0.15, 0.2) is 0 Å². The van der Waals surface area contributed by atoms with E-state index < -0.39 is 18.9 Å². The Morgan fingerprint density at radius 3 is 2.52 bits per heavy atom. The first-order chi connectivity index (χ1) is 11.6. The van der Waals surface area contributed by atoms with E-state index in [1.807, 2.05) is 51.1 Å². The van der Waals surface area contributed by atoms with Gasteiger partial charge in [-0.2, -0.15) is 0 Å². The summed E-state index contributed by atoms with van der Waals surface area (Å²) in [7, 11) is 0. The van der Waals surface area contributed by atoms with Crippen molar-refractivity contribution < 1.29 is 18.6 Å². The molecule has 0 spiro atoms. The van der Waals surface area contributed by atoms with Crippen LogP contribution in [0.15, 0.2) is 42.5 Å². The summed E-state index contributed by atoms with van der Waals surface area (Å²) in [5, 5.41) is 4.26. The number of nitrogens with one attached hydrogen (secondary N) is 1. The number of benzene rings is 2. The summed E-state index contributed by atoms with van der Waals surface area (Å²) in [5.41, 5.74) is -0.153. The second kappa shape index (κ2) is 7.77. The maximum absolute atomic E-state index is 12.6. The number of ether oxygens (including phenoxy) is 1. The number of hydrogen-bond acceptors (Lipinski definition) is 4. The highest BCUT2D eigenvalue weighted by Crippen LogP contribution is 2.50. The maximum Gasteiger partial charge on any atom is 0.409 e. The molecule has 2 aromatic carbocycles. The summed E-state index contributed by atoms with van der Waals surface area (Å²) < 4.78 is 23.2. The zero-order chi connectivity index (χ0) is 18.7. The van der Waals surface area contributed by atoms with Gasteiger partial charge in [-0.25, -0.2) is 9.65 Å². The molecule has 136 valence electrons. The lowest BCUT2D eigenvalue weighted by Gasteiger charge is -2.22. The van der Waals surface area contributed by atoms with Gasteiger partial charge in [0.25, 0.3) is 0 Å². The second-order valence-corrected chi connectivity index (χ2v) is 9.80. The van der Waals surface area contributed by atoms with Crippen LogP contribution in [-0.4, -0.2) is 18.6 Å². The third kappa shape index (κ3) is 6.03. The van der Waals surface area contributed by atoms with Crippen LogP contribution in [0.4, 0.5) is 0 Å². The van der Waals surface area contributed by atoms with Crippen molar-refractivity contribution in [3.05, 3.63) is 42.5 Å². The van der Waals surface area contributed by atoms with Crippen LogP contribution in [0.5, 0.6) is 5.75 Å². The molecule has 2 rings (SSSR count). The molecule has 0 heterocycles. The molecule has 0 saturated carbocycles. The van der Waals surface area contributed by atoms with Crippen LogP contribution in [0.1, 0.15) is 27.7 Å². The third-order valence-electron chi connectivity index (χ3n) is 3.31. The summed E-state index contributed by atoms with van der Waals surface area (Å²) in [6.45, 7) is 3.88. The maximum atomic E-state index is 12.6. The number of hydrogen-bond donors (Lipinski definition) is 1. The predicted molar refractivity (Wildman–Crippen MR) is 101 cm³/mol. The third-order valence-corrected chi connectivity index (χ3v) is 4.94. The molecule has 25 heavy (non-hydrogen) atoms. The molecule has 1 N–H and O–H groups in total. The minimum atomic E-state index is -3.77. The van der Waals surface area contributed by atoms with E-state index in [2.05, 4.69) is 5.09 Å². The van der Waals surface area contributed by atoms with E-state index in [4.69, 9.17) is 20.5 Å². The molecule has 0 aliphatic rings. The van der Waals surface area contributed by atoms with E-state index in [1.165, 1.54) is 6.92 Å². The lowest BCUT2D eigenvalue weighted by molar-refractivity contribution is -0.147. The van der Waals surface area contributed by atoms with Gasteiger partial charge in [-0.1, -0.05) is 57.2 Å². The standard InChI is InChI=1S/C18H23ClNO4P/c1-13(17(21)23-12-18(2,3)4)20-25(19,22)24-16-11-7-9-14-8-5-6-10-15(14)16/h5-11,13H,12H2,1-4H3,(H,20,22)/t13-,25?/m0/s1. The summed E-state index contributed by atoms with van der Waals surface area (Å²) in [6, 6.07) is 12.1. The van der Waals surface area contributed by atoms with Crippen LogP contribution >= 0.6 is 18.1 Å².